The van der Waals surface area contributed by atoms with Crippen LogP contribution in [0.3, 0.4) is 0 Å². The molecular weight excluding hydrogens is 419 g/mol. The number of hydrogen-bond acceptors (Lipinski definition) is 4. The highest BCUT2D eigenvalue weighted by molar-refractivity contribution is 5.95. The lowest BCUT2D eigenvalue weighted by molar-refractivity contribution is -0.121. The lowest BCUT2D eigenvalue weighted by Gasteiger charge is -2.33. The molecule has 1 unspecified atom stereocenters. The third-order valence-corrected chi connectivity index (χ3v) is 6.24. The first-order chi connectivity index (χ1) is 15.9. The van der Waals surface area contributed by atoms with E-state index in [1.54, 1.807) is 31.6 Å². The van der Waals surface area contributed by atoms with Crippen molar-refractivity contribution in [1.29, 1.82) is 0 Å². The summed E-state index contributed by atoms with van der Waals surface area (Å²) in [6.07, 6.45) is 9.64. The summed E-state index contributed by atoms with van der Waals surface area (Å²) in [7, 11) is 1.63. The van der Waals surface area contributed by atoms with Crippen molar-refractivity contribution >= 4 is 11.9 Å². The number of nitrogens with zero attached hydrogens (tertiary/aromatic N) is 2. The monoisotopic (exact) mass is 448 g/mol. The van der Waals surface area contributed by atoms with Gasteiger partial charge in [0.2, 0.25) is 0 Å². The molecule has 0 spiro atoms. The number of carbonyl (C=O) groups excluding carboxylic acids is 1. The van der Waals surface area contributed by atoms with Gasteiger partial charge in [0, 0.05) is 12.1 Å². The summed E-state index contributed by atoms with van der Waals surface area (Å²) in [5, 5.41) is 0. The fourth-order valence-electron chi connectivity index (χ4n) is 4.45. The van der Waals surface area contributed by atoms with E-state index in [0.29, 0.717) is 11.5 Å². The Morgan fingerprint density at radius 2 is 1.97 bits per heavy atom. The number of carbonyl (C=O) groups is 1. The number of halogens is 1. The molecule has 3 aromatic rings. The van der Waals surface area contributed by atoms with Crippen LogP contribution in [0, 0.1) is 24.6 Å². The molecule has 1 heterocycles. The summed E-state index contributed by atoms with van der Waals surface area (Å²) < 4.78 is 26.6. The molecule has 33 heavy (non-hydrogen) atoms. The Kier molecular flexibility index (Phi) is 6.92. The molecule has 172 valence electrons. The van der Waals surface area contributed by atoms with Crippen LogP contribution in [0.15, 0.2) is 61.1 Å². The van der Waals surface area contributed by atoms with E-state index in [0.717, 1.165) is 36.2 Å². The van der Waals surface area contributed by atoms with Crippen molar-refractivity contribution < 1.29 is 18.7 Å². The van der Waals surface area contributed by atoms with Crippen molar-refractivity contribution in [3.8, 4) is 17.2 Å². The van der Waals surface area contributed by atoms with Gasteiger partial charge in [-0.15, -0.1) is 0 Å². The third-order valence-electron chi connectivity index (χ3n) is 6.24. The Labute approximate surface area is 193 Å². The van der Waals surface area contributed by atoms with Crippen LogP contribution < -0.4 is 9.47 Å². The molecule has 0 radical (unpaired) electrons. The van der Waals surface area contributed by atoms with E-state index in [2.05, 4.69) is 11.9 Å². The van der Waals surface area contributed by atoms with Gasteiger partial charge in [-0.2, -0.15) is 0 Å². The first kappa shape index (κ1) is 22.8. The van der Waals surface area contributed by atoms with Gasteiger partial charge in [0.15, 0.2) is 5.78 Å². The molecule has 1 aromatic heterocycles. The highest BCUT2D eigenvalue weighted by Gasteiger charge is 2.32. The summed E-state index contributed by atoms with van der Waals surface area (Å²) in [6.45, 7) is 4.04. The molecule has 1 fully saturated rings. The van der Waals surface area contributed by atoms with Gasteiger partial charge in [0.1, 0.15) is 17.3 Å². The van der Waals surface area contributed by atoms with Crippen LogP contribution >= 0.6 is 0 Å². The molecular formula is C27H29FN2O3. The number of allylic oxidation sites excluding steroid dienone is 1. The standard InChI is InChI=1S/C27H29FN2O3/c1-18-14-23(33-22-8-6-21(28)7-9-22)10-11-24(18)26(31)13-5-20-4-12-25(27(15-20)32-3)30-16-19(2)29-17-30/h4-9,12-13,15-18,23-24H,10-11,14H2,1-3H3/b13-5+/t18-,23+,24?/m0/s1. The van der Waals surface area contributed by atoms with Crippen LogP contribution in [0.1, 0.15) is 37.4 Å². The molecule has 4 rings (SSSR count). The van der Waals surface area contributed by atoms with E-state index in [1.165, 1.54) is 12.1 Å². The lowest BCUT2D eigenvalue weighted by Crippen LogP contribution is -2.33. The maximum absolute atomic E-state index is 13.1. The number of methoxy groups -OCH3 is 1. The number of aromatic nitrogens is 2. The topological polar surface area (TPSA) is 53.4 Å². The van der Waals surface area contributed by atoms with Gasteiger partial charge in [-0.25, -0.2) is 9.37 Å². The van der Waals surface area contributed by atoms with Gasteiger partial charge in [-0.05, 0) is 80.1 Å². The predicted octanol–water partition coefficient (Wildman–Crippen LogP) is 5.79. The van der Waals surface area contributed by atoms with Crippen LogP contribution in [0.5, 0.6) is 11.5 Å². The molecule has 1 aliphatic carbocycles. The second-order valence-electron chi connectivity index (χ2n) is 8.68. The zero-order chi connectivity index (χ0) is 23.4. The zero-order valence-corrected chi connectivity index (χ0v) is 19.2. The fraction of sp³-hybridized carbons (Fsp3) is 0.333. The van der Waals surface area contributed by atoms with Crippen molar-refractivity contribution in [1.82, 2.24) is 9.55 Å². The van der Waals surface area contributed by atoms with E-state index in [9.17, 15) is 9.18 Å². The Balaban J connectivity index is 1.38. The molecule has 1 saturated carbocycles. The van der Waals surface area contributed by atoms with Gasteiger partial charge < -0.3 is 14.0 Å². The third kappa shape index (κ3) is 5.51. The Morgan fingerprint density at radius 1 is 1.18 bits per heavy atom. The summed E-state index contributed by atoms with van der Waals surface area (Å²) in [5.41, 5.74) is 2.73. The van der Waals surface area contributed by atoms with Gasteiger partial charge >= 0.3 is 0 Å². The smallest absolute Gasteiger partial charge is 0.159 e. The second-order valence-corrected chi connectivity index (χ2v) is 8.68. The molecule has 0 saturated heterocycles. The number of rotatable bonds is 7. The largest absolute Gasteiger partial charge is 0.495 e. The number of aryl methyl sites for hydroxylation is 1. The van der Waals surface area contributed by atoms with Crippen LogP contribution in [0.4, 0.5) is 4.39 Å². The highest BCUT2D eigenvalue weighted by atomic mass is 19.1. The second kappa shape index (κ2) is 10.0. The van der Waals surface area contributed by atoms with E-state index >= 15 is 0 Å². The summed E-state index contributed by atoms with van der Waals surface area (Å²) in [5.74, 6) is 1.43. The minimum absolute atomic E-state index is 0.0237. The number of imidazole rings is 1. The Morgan fingerprint density at radius 3 is 2.64 bits per heavy atom. The molecule has 0 amide bonds. The molecule has 2 aromatic carbocycles. The SMILES string of the molecule is COc1cc(/C=C/C(=O)C2CC[C@@H](Oc3ccc(F)cc3)C[C@@H]2C)ccc1-n1cnc(C)c1. The van der Waals surface area contributed by atoms with Crippen molar-refractivity contribution in [2.45, 2.75) is 39.2 Å². The maximum Gasteiger partial charge on any atom is 0.159 e. The lowest BCUT2D eigenvalue weighted by atomic mass is 9.76. The average molecular weight is 449 g/mol. The number of ether oxygens (including phenoxy) is 2. The van der Waals surface area contributed by atoms with Crippen LogP contribution in [-0.4, -0.2) is 28.5 Å². The van der Waals surface area contributed by atoms with Gasteiger partial charge in [0.25, 0.3) is 0 Å². The maximum atomic E-state index is 13.1. The average Bonchev–Trinajstić information content (AvgIpc) is 3.25. The van der Waals surface area contributed by atoms with Crippen molar-refractivity contribution in [2.24, 2.45) is 11.8 Å². The summed E-state index contributed by atoms with van der Waals surface area (Å²) in [4.78, 5) is 17.2. The van der Waals surface area contributed by atoms with Gasteiger partial charge in [-0.1, -0.05) is 19.1 Å². The Hall–Kier alpha value is -3.41. The quantitative estimate of drug-likeness (QED) is 0.429. The van der Waals surface area contributed by atoms with Gasteiger partial charge in [-0.3, -0.25) is 4.79 Å². The number of ketones is 1. The van der Waals surface area contributed by atoms with Gasteiger partial charge in [0.05, 0.1) is 30.9 Å². The normalized spacial score (nSPS) is 20.7. The molecule has 5 nitrogen and oxygen atoms in total. The molecule has 6 heteroatoms. The summed E-state index contributed by atoms with van der Waals surface area (Å²) >= 11 is 0. The Bertz CT molecular complexity index is 1140. The molecule has 0 N–H and O–H groups in total. The van der Waals surface area contributed by atoms with E-state index < -0.39 is 0 Å². The fourth-order valence-corrected chi connectivity index (χ4v) is 4.45. The van der Waals surface area contributed by atoms with E-state index in [1.807, 2.05) is 42.0 Å². The van der Waals surface area contributed by atoms with Crippen LogP contribution in [-0.2, 0) is 4.79 Å². The van der Waals surface area contributed by atoms with E-state index in [4.69, 9.17) is 9.47 Å². The van der Waals surface area contributed by atoms with Crippen molar-refractivity contribution in [3.63, 3.8) is 0 Å². The molecule has 3 atom stereocenters. The number of hydrogen-bond donors (Lipinski definition) is 0. The predicted molar refractivity (Wildman–Crippen MR) is 126 cm³/mol. The number of benzene rings is 2. The first-order valence-corrected chi connectivity index (χ1v) is 11.3. The minimum Gasteiger partial charge on any atom is -0.495 e. The van der Waals surface area contributed by atoms with E-state index in [-0.39, 0.29) is 29.5 Å². The van der Waals surface area contributed by atoms with Crippen molar-refractivity contribution in [3.05, 3.63) is 78.1 Å². The molecule has 0 aliphatic heterocycles. The minimum atomic E-state index is -0.277. The zero-order valence-electron chi connectivity index (χ0n) is 19.2. The van der Waals surface area contributed by atoms with Crippen molar-refractivity contribution in [2.75, 3.05) is 7.11 Å². The highest BCUT2D eigenvalue weighted by Crippen LogP contribution is 2.33. The summed E-state index contributed by atoms with van der Waals surface area (Å²) in [6, 6.07) is 11.9. The molecule has 0 bridgehead atoms. The van der Waals surface area contributed by atoms with Crippen LogP contribution in [0.2, 0.25) is 0 Å². The molecule has 1 aliphatic rings. The van der Waals surface area contributed by atoms with Crippen LogP contribution in [0.25, 0.3) is 11.8 Å². The first-order valence-electron chi connectivity index (χ1n) is 11.3.